The molecule has 41 heavy (non-hydrogen) atoms. The van der Waals surface area contributed by atoms with Crippen molar-refractivity contribution >= 4 is 67.2 Å². The summed E-state index contributed by atoms with van der Waals surface area (Å²) in [4.78, 5) is 12.8. The molecule has 0 spiro atoms. The molecule has 2 rings (SSSR count). The monoisotopic (exact) mass is 831 g/mol. The second kappa shape index (κ2) is 14.7. The van der Waals surface area contributed by atoms with Crippen molar-refractivity contribution in [3.8, 4) is 17.2 Å². The van der Waals surface area contributed by atoms with Gasteiger partial charge in [0, 0.05) is 0 Å². The Balaban J connectivity index is 2.35. The first-order valence-electron chi connectivity index (χ1n) is 13.6. The van der Waals surface area contributed by atoms with E-state index >= 15 is 0 Å². The number of hydrogen-bond acceptors (Lipinski definition) is 7. The van der Waals surface area contributed by atoms with Gasteiger partial charge >= 0.3 is 13.7 Å². The number of halogens is 2. The second-order valence-electron chi connectivity index (χ2n) is 12.1. The SMILES string of the molecule is CCOP(=O)(CC(NC(=O)OC(C)(C)C)c1cc(I)c(Oc2ccc(O[Si](C)(C)C(C)(C)C)cc2)c(I)c1)OCC. The fourth-order valence-corrected chi connectivity index (χ4v) is 8.35. The van der Waals surface area contributed by atoms with Gasteiger partial charge in [-0.15, -0.1) is 0 Å². The smallest absolute Gasteiger partial charge is 0.408 e. The predicted molar refractivity (Wildman–Crippen MR) is 184 cm³/mol. The summed E-state index contributed by atoms with van der Waals surface area (Å²) in [6.07, 6.45) is -0.664. The molecule has 2 aromatic carbocycles. The van der Waals surface area contributed by atoms with Crippen molar-refractivity contribution in [2.24, 2.45) is 0 Å². The van der Waals surface area contributed by atoms with Gasteiger partial charge in [0.2, 0.25) is 8.32 Å². The summed E-state index contributed by atoms with van der Waals surface area (Å²) in [5.41, 5.74) is 0.0408. The van der Waals surface area contributed by atoms with Crippen LogP contribution < -0.4 is 14.5 Å². The average Bonchev–Trinajstić information content (AvgIpc) is 2.80. The summed E-state index contributed by atoms with van der Waals surface area (Å²) in [6.45, 7) is 20.4. The first-order chi connectivity index (χ1) is 18.8. The van der Waals surface area contributed by atoms with Crippen molar-refractivity contribution < 1.29 is 32.3 Å². The lowest BCUT2D eigenvalue weighted by atomic mass is 10.1. The summed E-state index contributed by atoms with van der Waals surface area (Å²) in [5.74, 6) is 2.19. The molecule has 0 aliphatic heterocycles. The van der Waals surface area contributed by atoms with E-state index in [1.54, 1.807) is 34.6 Å². The van der Waals surface area contributed by atoms with Crippen LogP contribution >= 0.6 is 52.8 Å². The normalized spacial score (nSPS) is 13.5. The van der Waals surface area contributed by atoms with E-state index in [0.29, 0.717) is 11.5 Å². The fourth-order valence-electron chi connectivity index (χ4n) is 3.46. The number of nitrogens with one attached hydrogen (secondary N) is 1. The number of alkyl carbamates (subject to hydrolysis) is 1. The van der Waals surface area contributed by atoms with Gasteiger partial charge in [0.25, 0.3) is 0 Å². The third-order valence-electron chi connectivity index (χ3n) is 6.39. The molecule has 1 amide bonds. The summed E-state index contributed by atoms with van der Waals surface area (Å²) in [7, 11) is -5.44. The van der Waals surface area contributed by atoms with Crippen LogP contribution in [-0.4, -0.2) is 39.4 Å². The topological polar surface area (TPSA) is 92.3 Å². The van der Waals surface area contributed by atoms with Crippen LogP contribution in [0.25, 0.3) is 0 Å². The molecule has 0 aromatic heterocycles. The van der Waals surface area contributed by atoms with Crippen molar-refractivity contribution in [3.63, 3.8) is 0 Å². The molecule has 1 unspecified atom stereocenters. The molecule has 0 bridgehead atoms. The van der Waals surface area contributed by atoms with Crippen LogP contribution in [0.5, 0.6) is 17.2 Å². The van der Waals surface area contributed by atoms with Crippen LogP contribution in [0.1, 0.15) is 67.0 Å². The lowest BCUT2D eigenvalue weighted by molar-refractivity contribution is 0.0507. The molecular formula is C29H44I2NO7PSi. The molecule has 0 aliphatic rings. The molecule has 8 nitrogen and oxygen atoms in total. The predicted octanol–water partition coefficient (Wildman–Crippen LogP) is 9.90. The van der Waals surface area contributed by atoms with E-state index in [1.807, 2.05) is 36.4 Å². The Labute approximate surface area is 273 Å². The van der Waals surface area contributed by atoms with Gasteiger partial charge in [-0.2, -0.15) is 0 Å². The highest BCUT2D eigenvalue weighted by Gasteiger charge is 2.39. The molecule has 1 N–H and O–H groups in total. The zero-order chi connectivity index (χ0) is 31.2. The zero-order valence-electron chi connectivity index (χ0n) is 25.7. The first kappa shape index (κ1) is 36.3. The van der Waals surface area contributed by atoms with Crippen LogP contribution in [0.3, 0.4) is 0 Å². The Kier molecular flexibility index (Phi) is 13.1. The fraction of sp³-hybridized carbons (Fsp3) is 0.552. The molecular weight excluding hydrogens is 787 g/mol. The molecule has 0 saturated carbocycles. The quantitative estimate of drug-likeness (QED) is 0.129. The number of carbonyl (C=O) groups excluding carboxylic acids is 1. The number of rotatable bonds is 12. The Morgan fingerprint density at radius 2 is 1.41 bits per heavy atom. The lowest BCUT2D eigenvalue weighted by Crippen LogP contribution is -2.43. The number of hydrogen-bond donors (Lipinski definition) is 1. The number of benzene rings is 2. The molecule has 2 aromatic rings. The largest absolute Gasteiger partial charge is 0.543 e. The number of amides is 1. The van der Waals surface area contributed by atoms with Crippen LogP contribution in [0.4, 0.5) is 4.79 Å². The molecule has 1 atom stereocenters. The van der Waals surface area contributed by atoms with Crippen molar-refractivity contribution in [2.75, 3.05) is 19.4 Å². The molecule has 0 heterocycles. The third-order valence-corrected chi connectivity index (χ3v) is 14.5. The summed E-state index contributed by atoms with van der Waals surface area (Å²) in [6, 6.07) is 10.8. The van der Waals surface area contributed by atoms with Gasteiger partial charge in [0.15, 0.2) is 5.75 Å². The molecule has 12 heteroatoms. The highest BCUT2D eigenvalue weighted by molar-refractivity contribution is 14.1. The van der Waals surface area contributed by atoms with Gasteiger partial charge in [0.1, 0.15) is 17.1 Å². The molecule has 0 radical (unpaired) electrons. The molecule has 0 aliphatic carbocycles. The van der Waals surface area contributed by atoms with E-state index in [4.69, 9.17) is 22.9 Å². The second-order valence-corrected chi connectivity index (χ2v) is 21.2. The van der Waals surface area contributed by atoms with Gasteiger partial charge in [0.05, 0.1) is 32.6 Å². The number of carbonyl (C=O) groups is 1. The van der Waals surface area contributed by atoms with Crippen LogP contribution in [0.2, 0.25) is 18.1 Å². The summed E-state index contributed by atoms with van der Waals surface area (Å²) >= 11 is 4.41. The minimum atomic E-state index is -3.49. The van der Waals surface area contributed by atoms with Gasteiger partial charge in [-0.05, 0) is 140 Å². The van der Waals surface area contributed by atoms with E-state index in [2.05, 4.69) is 84.4 Å². The maximum Gasteiger partial charge on any atom is 0.408 e. The van der Waals surface area contributed by atoms with Crippen LogP contribution in [0.15, 0.2) is 36.4 Å². The van der Waals surface area contributed by atoms with E-state index in [0.717, 1.165) is 18.5 Å². The van der Waals surface area contributed by atoms with Crippen molar-refractivity contribution in [1.82, 2.24) is 5.32 Å². The highest BCUT2D eigenvalue weighted by Crippen LogP contribution is 2.51. The summed E-state index contributed by atoms with van der Waals surface area (Å²) < 4.78 is 44.3. The Morgan fingerprint density at radius 3 is 1.85 bits per heavy atom. The number of ether oxygens (including phenoxy) is 2. The van der Waals surface area contributed by atoms with Gasteiger partial charge < -0.3 is 28.3 Å². The Bertz CT molecular complexity index is 1190. The molecule has 230 valence electrons. The lowest BCUT2D eigenvalue weighted by Gasteiger charge is -2.36. The Morgan fingerprint density at radius 1 is 0.927 bits per heavy atom. The molecule has 0 saturated heterocycles. The van der Waals surface area contributed by atoms with E-state index in [9.17, 15) is 9.36 Å². The van der Waals surface area contributed by atoms with Gasteiger partial charge in [-0.3, -0.25) is 4.57 Å². The average molecular weight is 832 g/mol. The van der Waals surface area contributed by atoms with E-state index in [1.165, 1.54) is 0 Å². The maximum atomic E-state index is 13.4. The summed E-state index contributed by atoms with van der Waals surface area (Å²) in [5, 5.41) is 2.97. The van der Waals surface area contributed by atoms with Crippen molar-refractivity contribution in [1.29, 1.82) is 0 Å². The molecule has 0 fully saturated rings. The van der Waals surface area contributed by atoms with Gasteiger partial charge in [-0.1, -0.05) is 20.8 Å². The highest BCUT2D eigenvalue weighted by atomic mass is 127. The maximum absolute atomic E-state index is 13.4. The third kappa shape index (κ3) is 11.3. The standard InChI is InChI=1S/C29H44I2NO7PSi/c1-11-35-40(34,36-12-2)19-25(32-27(33)38-28(3,4)5)20-17-23(30)26(24(31)18-20)37-21-13-15-22(16-14-21)39-41(9,10)29(6,7)8/h13-18,25H,11-12,19H2,1-10H3,(H,32,33). The Hall–Kier alpha value is -0.863. The first-order valence-corrected chi connectivity index (χ1v) is 20.4. The van der Waals surface area contributed by atoms with Crippen molar-refractivity contribution in [3.05, 3.63) is 49.1 Å². The van der Waals surface area contributed by atoms with Crippen LogP contribution in [0, 0.1) is 7.14 Å². The van der Waals surface area contributed by atoms with E-state index < -0.39 is 33.6 Å². The van der Waals surface area contributed by atoms with E-state index in [-0.39, 0.29) is 24.4 Å². The minimum Gasteiger partial charge on any atom is -0.543 e. The zero-order valence-corrected chi connectivity index (χ0v) is 31.9. The van der Waals surface area contributed by atoms with Crippen molar-refractivity contribution in [2.45, 2.75) is 85.2 Å². The van der Waals surface area contributed by atoms with Gasteiger partial charge in [-0.25, -0.2) is 4.79 Å². The minimum absolute atomic E-state index is 0.0457. The van der Waals surface area contributed by atoms with Crippen LogP contribution in [-0.2, 0) is 18.3 Å².